The summed E-state index contributed by atoms with van der Waals surface area (Å²) in [5.74, 6) is -0.405. The van der Waals surface area contributed by atoms with Crippen LogP contribution in [0.4, 0.5) is 4.39 Å². The van der Waals surface area contributed by atoms with E-state index in [-0.39, 0.29) is 18.3 Å². The van der Waals surface area contributed by atoms with Crippen molar-refractivity contribution >= 4 is 17.5 Å². The van der Waals surface area contributed by atoms with Gasteiger partial charge in [0.1, 0.15) is 5.82 Å². The van der Waals surface area contributed by atoms with Crippen LogP contribution in [0.25, 0.3) is 0 Å². The van der Waals surface area contributed by atoms with Crippen LogP contribution in [0.2, 0.25) is 5.02 Å². The van der Waals surface area contributed by atoms with E-state index in [1.165, 1.54) is 6.07 Å². The highest BCUT2D eigenvalue weighted by atomic mass is 35.5. The third kappa shape index (κ3) is 4.57. The zero-order valence-corrected chi connectivity index (χ0v) is 12.6. The SMILES string of the molecule is Cc1ccc(CCC(=O)NCc2ccccc2F)cc1Cl. The topological polar surface area (TPSA) is 29.1 Å². The van der Waals surface area contributed by atoms with Gasteiger partial charge in [0.05, 0.1) is 0 Å². The highest BCUT2D eigenvalue weighted by Gasteiger charge is 2.06. The number of hydrogen-bond donors (Lipinski definition) is 1. The fraction of sp³-hybridized carbons (Fsp3) is 0.235. The molecule has 21 heavy (non-hydrogen) atoms. The van der Waals surface area contributed by atoms with E-state index in [4.69, 9.17) is 11.6 Å². The van der Waals surface area contributed by atoms with Gasteiger partial charge in [-0.15, -0.1) is 0 Å². The van der Waals surface area contributed by atoms with Crippen molar-refractivity contribution in [1.82, 2.24) is 5.32 Å². The number of carbonyl (C=O) groups is 1. The predicted octanol–water partition coefficient (Wildman–Crippen LogP) is 4.04. The number of rotatable bonds is 5. The molecule has 2 rings (SSSR count). The molecular formula is C17H17ClFNO. The maximum Gasteiger partial charge on any atom is 0.220 e. The van der Waals surface area contributed by atoms with Crippen molar-refractivity contribution < 1.29 is 9.18 Å². The Labute approximate surface area is 128 Å². The molecule has 110 valence electrons. The molecule has 2 aromatic rings. The highest BCUT2D eigenvalue weighted by molar-refractivity contribution is 6.31. The lowest BCUT2D eigenvalue weighted by molar-refractivity contribution is -0.121. The molecule has 0 spiro atoms. The molecule has 1 amide bonds. The summed E-state index contributed by atoms with van der Waals surface area (Å²) in [5, 5.41) is 3.43. The van der Waals surface area contributed by atoms with Crippen LogP contribution in [0.5, 0.6) is 0 Å². The fourth-order valence-electron chi connectivity index (χ4n) is 1.97. The Morgan fingerprint density at radius 2 is 2.00 bits per heavy atom. The van der Waals surface area contributed by atoms with Crippen LogP contribution in [0.3, 0.4) is 0 Å². The summed E-state index contributed by atoms with van der Waals surface area (Å²) in [4.78, 5) is 11.8. The summed E-state index contributed by atoms with van der Waals surface area (Å²) in [7, 11) is 0. The quantitative estimate of drug-likeness (QED) is 0.887. The molecule has 0 fully saturated rings. The van der Waals surface area contributed by atoms with E-state index in [0.717, 1.165) is 11.1 Å². The Kier molecular flexibility index (Phi) is 5.34. The molecule has 0 aliphatic carbocycles. The van der Waals surface area contributed by atoms with E-state index in [2.05, 4.69) is 5.32 Å². The summed E-state index contributed by atoms with van der Waals surface area (Å²) in [6.07, 6.45) is 0.969. The van der Waals surface area contributed by atoms with E-state index in [1.54, 1.807) is 18.2 Å². The molecule has 0 saturated heterocycles. The van der Waals surface area contributed by atoms with Crippen LogP contribution in [-0.4, -0.2) is 5.91 Å². The van der Waals surface area contributed by atoms with Gasteiger partial charge in [-0.1, -0.05) is 41.9 Å². The van der Waals surface area contributed by atoms with Gasteiger partial charge in [0.2, 0.25) is 5.91 Å². The molecule has 2 aromatic carbocycles. The minimum absolute atomic E-state index is 0.102. The lowest BCUT2D eigenvalue weighted by Crippen LogP contribution is -2.23. The van der Waals surface area contributed by atoms with Crippen LogP contribution in [0.15, 0.2) is 42.5 Å². The number of halogens is 2. The van der Waals surface area contributed by atoms with Gasteiger partial charge in [-0.25, -0.2) is 4.39 Å². The first kappa shape index (κ1) is 15.5. The number of carbonyl (C=O) groups excluding carboxylic acids is 1. The van der Waals surface area contributed by atoms with E-state index < -0.39 is 0 Å². The molecular weight excluding hydrogens is 289 g/mol. The molecule has 0 heterocycles. The molecule has 0 saturated carbocycles. The second kappa shape index (κ2) is 7.23. The molecule has 1 N–H and O–H groups in total. The molecule has 0 unspecified atom stereocenters. The molecule has 2 nitrogen and oxygen atoms in total. The Morgan fingerprint density at radius 1 is 1.24 bits per heavy atom. The average molecular weight is 306 g/mol. The van der Waals surface area contributed by atoms with Crippen LogP contribution < -0.4 is 5.32 Å². The van der Waals surface area contributed by atoms with Crippen molar-refractivity contribution in [2.45, 2.75) is 26.3 Å². The molecule has 4 heteroatoms. The fourth-order valence-corrected chi connectivity index (χ4v) is 2.18. The average Bonchev–Trinajstić information content (AvgIpc) is 2.47. The Hall–Kier alpha value is -1.87. The van der Waals surface area contributed by atoms with Gasteiger partial charge < -0.3 is 5.32 Å². The second-order valence-corrected chi connectivity index (χ2v) is 5.36. The summed E-state index contributed by atoms with van der Waals surface area (Å²) in [6, 6.07) is 12.2. The van der Waals surface area contributed by atoms with Crippen molar-refractivity contribution in [2.24, 2.45) is 0 Å². The standard InChI is InChI=1S/C17H17ClFNO/c1-12-6-7-13(10-15(12)18)8-9-17(21)20-11-14-4-2-3-5-16(14)19/h2-7,10H,8-9,11H2,1H3,(H,20,21). The van der Waals surface area contributed by atoms with E-state index >= 15 is 0 Å². The van der Waals surface area contributed by atoms with Crippen LogP contribution >= 0.6 is 11.6 Å². The first-order valence-corrected chi connectivity index (χ1v) is 7.19. The normalized spacial score (nSPS) is 10.4. The lowest BCUT2D eigenvalue weighted by atomic mass is 10.1. The second-order valence-electron chi connectivity index (χ2n) is 4.95. The minimum Gasteiger partial charge on any atom is -0.352 e. The van der Waals surface area contributed by atoms with Crippen LogP contribution in [-0.2, 0) is 17.8 Å². The highest BCUT2D eigenvalue weighted by Crippen LogP contribution is 2.17. The first-order valence-electron chi connectivity index (χ1n) is 6.81. The van der Waals surface area contributed by atoms with Gasteiger partial charge >= 0.3 is 0 Å². The number of aryl methyl sites for hydroxylation is 2. The zero-order valence-electron chi connectivity index (χ0n) is 11.8. The summed E-state index contributed by atoms with van der Waals surface area (Å²) >= 11 is 6.05. The Bertz CT molecular complexity index is 642. The minimum atomic E-state index is -0.303. The van der Waals surface area contributed by atoms with Gasteiger partial charge in [-0.3, -0.25) is 4.79 Å². The smallest absolute Gasteiger partial charge is 0.220 e. The van der Waals surface area contributed by atoms with Crippen LogP contribution in [0.1, 0.15) is 23.1 Å². The number of benzene rings is 2. The zero-order chi connectivity index (χ0) is 15.2. The monoisotopic (exact) mass is 305 g/mol. The molecule has 0 atom stereocenters. The van der Waals surface area contributed by atoms with Gasteiger partial charge in [0, 0.05) is 23.6 Å². The summed E-state index contributed by atoms with van der Waals surface area (Å²) in [6.45, 7) is 2.15. The van der Waals surface area contributed by atoms with Crippen molar-refractivity contribution in [1.29, 1.82) is 0 Å². The van der Waals surface area contributed by atoms with Crippen molar-refractivity contribution in [3.63, 3.8) is 0 Å². The van der Waals surface area contributed by atoms with Crippen molar-refractivity contribution in [2.75, 3.05) is 0 Å². The number of nitrogens with one attached hydrogen (secondary N) is 1. The largest absolute Gasteiger partial charge is 0.352 e. The van der Waals surface area contributed by atoms with Gasteiger partial charge in [-0.2, -0.15) is 0 Å². The molecule has 0 aliphatic heterocycles. The van der Waals surface area contributed by atoms with Crippen molar-refractivity contribution in [3.8, 4) is 0 Å². The maximum atomic E-state index is 13.4. The number of amides is 1. The van der Waals surface area contributed by atoms with Crippen molar-refractivity contribution in [3.05, 3.63) is 70.0 Å². The van der Waals surface area contributed by atoms with Gasteiger partial charge in [0.15, 0.2) is 0 Å². The predicted molar refractivity (Wildman–Crippen MR) is 82.8 cm³/mol. The molecule has 0 radical (unpaired) electrons. The van der Waals surface area contributed by atoms with Gasteiger partial charge in [-0.05, 0) is 36.6 Å². The third-order valence-corrected chi connectivity index (χ3v) is 3.72. The number of hydrogen-bond acceptors (Lipinski definition) is 1. The van der Waals surface area contributed by atoms with E-state index in [9.17, 15) is 9.18 Å². The molecule has 0 aromatic heterocycles. The summed E-state index contributed by atoms with van der Waals surface area (Å²) in [5.41, 5.74) is 2.53. The Balaban J connectivity index is 1.82. The van der Waals surface area contributed by atoms with Crippen LogP contribution in [0, 0.1) is 12.7 Å². The van der Waals surface area contributed by atoms with E-state index in [0.29, 0.717) is 23.4 Å². The summed E-state index contributed by atoms with van der Waals surface area (Å²) < 4.78 is 13.4. The maximum absolute atomic E-state index is 13.4. The van der Waals surface area contributed by atoms with Gasteiger partial charge in [0.25, 0.3) is 0 Å². The Morgan fingerprint density at radius 3 is 2.71 bits per heavy atom. The van der Waals surface area contributed by atoms with E-state index in [1.807, 2.05) is 25.1 Å². The first-order chi connectivity index (χ1) is 10.1. The third-order valence-electron chi connectivity index (χ3n) is 3.31. The molecule has 0 bridgehead atoms. The molecule has 0 aliphatic rings. The lowest BCUT2D eigenvalue weighted by Gasteiger charge is -2.07.